The highest BCUT2D eigenvalue weighted by Crippen LogP contribution is 2.45. The van der Waals surface area contributed by atoms with Gasteiger partial charge in [-0.1, -0.05) is 426 Å². The van der Waals surface area contributed by atoms with E-state index >= 15 is 0 Å². The van der Waals surface area contributed by atoms with E-state index in [1.807, 2.05) is 0 Å². The van der Waals surface area contributed by atoms with Gasteiger partial charge in [-0.2, -0.15) is 0 Å². The van der Waals surface area contributed by atoms with E-state index in [2.05, 4.69) is 34.6 Å². The van der Waals surface area contributed by atoms with Gasteiger partial charge in [-0.05, 0) is 31.6 Å². The lowest BCUT2D eigenvalue weighted by Gasteiger charge is -2.21. The third-order valence-electron chi connectivity index (χ3n) is 21.1. The van der Waals surface area contributed by atoms with Crippen LogP contribution in [-0.4, -0.2) is 96.7 Å². The van der Waals surface area contributed by atoms with E-state index in [9.17, 15) is 43.2 Å². The molecule has 0 amide bonds. The number of rotatable bonds is 88. The SMILES string of the molecule is CCCCCCCCCCCCCCCCCCCCCCCCC(=O)O[C@H](COC(=O)CCCCCCCCCCCCCCCCCCCC)COP(=O)(O)OC[C@@H](O)COP(=O)(O)OC[C@@H](COC(=O)CCCCCCCCCCCCCCC)OC(=O)CCCCCCCCCCCCC(C)CC. The molecule has 107 heavy (non-hydrogen) atoms. The second kappa shape index (κ2) is 80.7. The fourth-order valence-corrected chi connectivity index (χ4v) is 15.4. The van der Waals surface area contributed by atoms with Crippen molar-refractivity contribution in [2.24, 2.45) is 5.92 Å². The van der Waals surface area contributed by atoms with Crippen molar-refractivity contribution in [3.63, 3.8) is 0 Å². The van der Waals surface area contributed by atoms with Gasteiger partial charge in [-0.15, -0.1) is 0 Å². The molecule has 0 aromatic carbocycles. The number of carbonyl (C=O) groups is 4. The van der Waals surface area contributed by atoms with E-state index < -0.39 is 97.5 Å². The summed E-state index contributed by atoms with van der Waals surface area (Å²) >= 11 is 0. The number of hydrogen-bond donors (Lipinski definition) is 3. The smallest absolute Gasteiger partial charge is 0.462 e. The third-order valence-corrected chi connectivity index (χ3v) is 23.0. The normalized spacial score (nSPS) is 14.0. The summed E-state index contributed by atoms with van der Waals surface area (Å²) in [5.74, 6) is -1.29. The van der Waals surface area contributed by atoms with Gasteiger partial charge in [-0.25, -0.2) is 9.13 Å². The topological polar surface area (TPSA) is 237 Å². The number of aliphatic hydroxyl groups is 1. The van der Waals surface area contributed by atoms with Crippen LogP contribution < -0.4 is 0 Å². The Hall–Kier alpha value is -1.94. The summed E-state index contributed by atoms with van der Waals surface area (Å²) in [5.41, 5.74) is 0. The number of aliphatic hydroxyl groups excluding tert-OH is 1. The van der Waals surface area contributed by atoms with E-state index in [1.54, 1.807) is 0 Å². The van der Waals surface area contributed by atoms with Crippen LogP contribution in [0.2, 0.25) is 0 Å². The Balaban J connectivity index is 5.24. The van der Waals surface area contributed by atoms with Crippen LogP contribution in [0.15, 0.2) is 0 Å². The highest BCUT2D eigenvalue weighted by molar-refractivity contribution is 7.47. The van der Waals surface area contributed by atoms with E-state index in [0.29, 0.717) is 25.7 Å². The van der Waals surface area contributed by atoms with Crippen molar-refractivity contribution < 1.29 is 80.2 Å². The first-order valence-corrected chi connectivity index (χ1v) is 48.7. The minimum atomic E-state index is -4.97. The van der Waals surface area contributed by atoms with Crippen molar-refractivity contribution in [1.82, 2.24) is 0 Å². The van der Waals surface area contributed by atoms with Gasteiger partial charge in [0.1, 0.15) is 19.3 Å². The maximum Gasteiger partial charge on any atom is 0.472 e. The van der Waals surface area contributed by atoms with Crippen LogP contribution in [0.25, 0.3) is 0 Å². The lowest BCUT2D eigenvalue weighted by Crippen LogP contribution is -2.30. The molecule has 0 aliphatic carbocycles. The predicted octanol–water partition coefficient (Wildman–Crippen LogP) is 27.2. The molecule has 0 aliphatic rings. The van der Waals surface area contributed by atoms with Gasteiger partial charge in [0.15, 0.2) is 12.2 Å². The summed E-state index contributed by atoms with van der Waals surface area (Å²) in [6.07, 6.45) is 74.9. The van der Waals surface area contributed by atoms with Crippen LogP contribution in [-0.2, 0) is 65.4 Å². The molecule has 0 aromatic rings. The Kier molecular flexibility index (Phi) is 79.2. The quantitative estimate of drug-likeness (QED) is 0.0222. The molecule has 0 aromatic heterocycles. The third kappa shape index (κ3) is 80.5. The molecule has 0 saturated carbocycles. The summed E-state index contributed by atoms with van der Waals surface area (Å²) in [7, 11) is -9.93. The molecule has 0 aliphatic heterocycles. The number of ether oxygens (including phenoxy) is 4. The largest absolute Gasteiger partial charge is 0.472 e. The Bertz CT molecular complexity index is 2030. The number of hydrogen-bond acceptors (Lipinski definition) is 15. The summed E-state index contributed by atoms with van der Waals surface area (Å²) in [6.45, 7) is 7.40. The summed E-state index contributed by atoms with van der Waals surface area (Å²) in [4.78, 5) is 73.3. The summed E-state index contributed by atoms with van der Waals surface area (Å²) in [5, 5.41) is 10.7. The fraction of sp³-hybridized carbons (Fsp3) is 0.955. The molecule has 17 nitrogen and oxygen atoms in total. The first-order valence-electron chi connectivity index (χ1n) is 45.7. The maximum absolute atomic E-state index is 13.2. The standard InChI is InChI=1S/C88H172O17P2/c1-6-10-13-16-19-22-25-28-30-32-34-35-36-37-39-41-44-47-53-58-63-68-73-87(92)104-83(77-99-86(91)72-67-62-57-52-46-43-40-38-33-31-29-26-23-20-17-14-11-7-2)79-102-106(94,95)100-75-82(89)76-101-107(96,97)103-80-84(78-98-85(90)71-66-61-56-51-45-42-27-24-21-18-15-12-8-3)105-88(93)74-69-64-59-54-49-48-50-55-60-65-70-81(5)9-4/h81-84,89H,6-80H2,1-5H3,(H,94,95)(H,96,97)/t81?,82-,83-,84-/m1/s1. The van der Waals surface area contributed by atoms with Gasteiger partial charge >= 0.3 is 39.5 Å². The number of unbranched alkanes of at least 4 members (excludes halogenated alkanes) is 59. The molecule has 0 rings (SSSR count). The van der Waals surface area contributed by atoms with Crippen LogP contribution in [0.4, 0.5) is 0 Å². The maximum atomic E-state index is 13.2. The number of phosphoric acid groups is 2. The lowest BCUT2D eigenvalue weighted by molar-refractivity contribution is -0.161. The highest BCUT2D eigenvalue weighted by Gasteiger charge is 2.30. The first-order chi connectivity index (χ1) is 52.1. The molecule has 0 spiro atoms. The Morgan fingerprint density at radius 2 is 0.449 bits per heavy atom. The van der Waals surface area contributed by atoms with E-state index in [1.165, 1.54) is 302 Å². The second-order valence-electron chi connectivity index (χ2n) is 31.9. The zero-order valence-electron chi connectivity index (χ0n) is 70.3. The molecular weight excluding hydrogens is 1390 g/mol. The molecule has 636 valence electrons. The molecule has 0 fully saturated rings. The van der Waals surface area contributed by atoms with Crippen LogP contribution >= 0.6 is 15.6 Å². The monoisotopic (exact) mass is 1560 g/mol. The van der Waals surface area contributed by atoms with Crippen LogP contribution in [0.3, 0.4) is 0 Å². The average molecular weight is 1560 g/mol. The fourth-order valence-electron chi connectivity index (χ4n) is 13.8. The Labute approximate surface area is 658 Å². The number of esters is 4. The second-order valence-corrected chi connectivity index (χ2v) is 34.8. The van der Waals surface area contributed by atoms with Gasteiger partial charge in [0.2, 0.25) is 0 Å². The summed E-state index contributed by atoms with van der Waals surface area (Å²) < 4.78 is 69.0. The molecular formula is C88H172O17P2. The predicted molar refractivity (Wildman–Crippen MR) is 442 cm³/mol. The highest BCUT2D eigenvalue weighted by atomic mass is 31.2. The molecule has 6 atom stereocenters. The van der Waals surface area contributed by atoms with Crippen molar-refractivity contribution in [3.05, 3.63) is 0 Å². The van der Waals surface area contributed by atoms with Crippen molar-refractivity contribution in [1.29, 1.82) is 0 Å². The first kappa shape index (κ1) is 105. The molecule has 0 bridgehead atoms. The lowest BCUT2D eigenvalue weighted by atomic mass is 9.99. The van der Waals surface area contributed by atoms with Gasteiger partial charge in [0.05, 0.1) is 26.4 Å². The molecule has 0 radical (unpaired) electrons. The average Bonchev–Trinajstić information content (AvgIpc) is 0.901. The minimum absolute atomic E-state index is 0.107. The van der Waals surface area contributed by atoms with Gasteiger partial charge in [0.25, 0.3) is 0 Å². The van der Waals surface area contributed by atoms with Crippen LogP contribution in [0, 0.1) is 5.92 Å². The van der Waals surface area contributed by atoms with Gasteiger partial charge < -0.3 is 33.8 Å². The summed E-state index contributed by atoms with van der Waals surface area (Å²) in [6, 6.07) is 0. The Morgan fingerprint density at radius 3 is 0.664 bits per heavy atom. The van der Waals surface area contributed by atoms with Crippen molar-refractivity contribution >= 4 is 39.5 Å². The van der Waals surface area contributed by atoms with Gasteiger partial charge in [0, 0.05) is 25.7 Å². The molecule has 3 N–H and O–H groups in total. The van der Waals surface area contributed by atoms with E-state index in [4.69, 9.17) is 37.0 Å². The molecule has 3 unspecified atom stereocenters. The number of phosphoric ester groups is 2. The van der Waals surface area contributed by atoms with Crippen molar-refractivity contribution in [2.75, 3.05) is 39.6 Å². The minimum Gasteiger partial charge on any atom is -0.462 e. The molecule has 19 heteroatoms. The Morgan fingerprint density at radius 1 is 0.262 bits per heavy atom. The number of carbonyl (C=O) groups excluding carboxylic acids is 4. The van der Waals surface area contributed by atoms with E-state index in [0.717, 1.165) is 95.8 Å². The zero-order valence-corrected chi connectivity index (χ0v) is 72.1. The van der Waals surface area contributed by atoms with Crippen LogP contribution in [0.1, 0.15) is 478 Å². The van der Waals surface area contributed by atoms with Crippen molar-refractivity contribution in [2.45, 2.75) is 496 Å². The zero-order chi connectivity index (χ0) is 78.3. The van der Waals surface area contributed by atoms with Crippen LogP contribution in [0.5, 0.6) is 0 Å². The molecule has 0 saturated heterocycles. The van der Waals surface area contributed by atoms with Gasteiger partial charge in [-0.3, -0.25) is 37.3 Å². The van der Waals surface area contributed by atoms with Crippen molar-refractivity contribution in [3.8, 4) is 0 Å². The molecule has 0 heterocycles. The van der Waals surface area contributed by atoms with E-state index in [-0.39, 0.29) is 25.7 Å².